The zero-order chi connectivity index (χ0) is 25.1. The van der Waals surface area contributed by atoms with Crippen LogP contribution in [0, 0.1) is 0 Å². The molecule has 4 aromatic rings. The van der Waals surface area contributed by atoms with E-state index in [0.29, 0.717) is 22.9 Å². The highest BCUT2D eigenvalue weighted by molar-refractivity contribution is 6.32. The van der Waals surface area contributed by atoms with Gasteiger partial charge >= 0.3 is 5.69 Å². The van der Waals surface area contributed by atoms with Crippen LogP contribution >= 0.6 is 11.6 Å². The predicted octanol–water partition coefficient (Wildman–Crippen LogP) is 2.87. The number of pyridine rings is 1. The molecule has 0 saturated heterocycles. The van der Waals surface area contributed by atoms with Gasteiger partial charge in [-0.1, -0.05) is 11.6 Å². The van der Waals surface area contributed by atoms with E-state index in [9.17, 15) is 14.4 Å². The van der Waals surface area contributed by atoms with Gasteiger partial charge in [-0.25, -0.2) is 18.9 Å². The number of benzene rings is 2. The second-order valence-corrected chi connectivity index (χ2v) is 7.72. The van der Waals surface area contributed by atoms with Gasteiger partial charge in [-0.15, -0.1) is 0 Å². The largest absolute Gasteiger partial charge is 0.497 e. The number of aromatic nitrogens is 3. The summed E-state index contributed by atoms with van der Waals surface area (Å²) in [5, 5.41) is 3.07. The highest BCUT2D eigenvalue weighted by Crippen LogP contribution is 2.35. The Hall–Kier alpha value is -4.31. The number of carbonyl (C=O) groups is 1. The van der Waals surface area contributed by atoms with Crippen molar-refractivity contribution in [2.45, 2.75) is 6.54 Å². The normalized spacial score (nSPS) is 10.7. The van der Waals surface area contributed by atoms with Crippen LogP contribution in [0.15, 0.2) is 64.3 Å². The SMILES string of the molecule is COc1ccc(-n2c(=O)n(CC(=O)Nc3cc(Cl)c(OC)cc3OC)c(=O)c3cccnc32)cc1. The molecule has 0 unspecified atom stereocenters. The molecule has 0 aliphatic carbocycles. The fourth-order valence-corrected chi connectivity index (χ4v) is 3.82. The van der Waals surface area contributed by atoms with E-state index < -0.39 is 23.7 Å². The van der Waals surface area contributed by atoms with E-state index in [4.69, 9.17) is 25.8 Å². The Morgan fingerprint density at radius 2 is 1.71 bits per heavy atom. The molecule has 0 radical (unpaired) electrons. The Kier molecular flexibility index (Phi) is 6.74. The number of carbonyl (C=O) groups excluding carboxylic acids is 1. The van der Waals surface area contributed by atoms with Crippen molar-refractivity contribution in [3.8, 4) is 22.9 Å². The Labute approximate surface area is 204 Å². The maximum atomic E-state index is 13.4. The van der Waals surface area contributed by atoms with Gasteiger partial charge in [-0.05, 0) is 42.5 Å². The van der Waals surface area contributed by atoms with Crippen LogP contribution in [0.5, 0.6) is 17.2 Å². The fourth-order valence-electron chi connectivity index (χ4n) is 3.58. The van der Waals surface area contributed by atoms with Crippen molar-refractivity contribution in [2.24, 2.45) is 0 Å². The van der Waals surface area contributed by atoms with Gasteiger partial charge in [0.2, 0.25) is 5.91 Å². The van der Waals surface area contributed by atoms with Crippen molar-refractivity contribution < 1.29 is 19.0 Å². The second-order valence-electron chi connectivity index (χ2n) is 7.32. The van der Waals surface area contributed by atoms with E-state index in [-0.39, 0.29) is 21.7 Å². The Balaban J connectivity index is 1.77. The lowest BCUT2D eigenvalue weighted by Crippen LogP contribution is -2.42. The van der Waals surface area contributed by atoms with Gasteiger partial charge in [0.05, 0.1) is 43.1 Å². The third-order valence-electron chi connectivity index (χ3n) is 5.28. The molecule has 0 bridgehead atoms. The second kappa shape index (κ2) is 9.90. The minimum atomic E-state index is -0.721. The molecule has 2 heterocycles. The van der Waals surface area contributed by atoms with Crippen molar-refractivity contribution in [1.29, 1.82) is 0 Å². The first-order valence-electron chi connectivity index (χ1n) is 10.3. The van der Waals surface area contributed by atoms with Gasteiger partial charge in [0.25, 0.3) is 5.56 Å². The molecule has 0 aliphatic heterocycles. The van der Waals surface area contributed by atoms with Gasteiger partial charge in [0, 0.05) is 12.3 Å². The van der Waals surface area contributed by atoms with Crippen LogP contribution in [0.4, 0.5) is 5.69 Å². The summed E-state index contributed by atoms with van der Waals surface area (Å²) in [6.45, 7) is -0.550. The van der Waals surface area contributed by atoms with E-state index in [2.05, 4.69) is 10.3 Å². The number of rotatable bonds is 7. The molecule has 0 spiro atoms. The van der Waals surface area contributed by atoms with E-state index in [0.717, 1.165) is 4.57 Å². The average molecular weight is 497 g/mol. The first-order chi connectivity index (χ1) is 16.9. The number of hydrogen-bond donors (Lipinski definition) is 1. The summed E-state index contributed by atoms with van der Waals surface area (Å²) in [5.74, 6) is 0.625. The summed E-state index contributed by atoms with van der Waals surface area (Å²) in [7, 11) is 4.41. The number of nitrogens with zero attached hydrogens (tertiary/aromatic N) is 3. The van der Waals surface area contributed by atoms with E-state index in [1.165, 1.54) is 44.2 Å². The number of fused-ring (bicyclic) bond motifs is 1. The van der Waals surface area contributed by atoms with Crippen molar-refractivity contribution in [3.63, 3.8) is 0 Å². The minimum Gasteiger partial charge on any atom is -0.497 e. The summed E-state index contributed by atoms with van der Waals surface area (Å²) >= 11 is 6.17. The number of halogens is 1. The van der Waals surface area contributed by atoms with Crippen molar-refractivity contribution in [1.82, 2.24) is 14.1 Å². The van der Waals surface area contributed by atoms with Crippen LogP contribution in [-0.4, -0.2) is 41.4 Å². The third-order valence-corrected chi connectivity index (χ3v) is 5.57. The number of ether oxygens (including phenoxy) is 3. The summed E-state index contributed by atoms with van der Waals surface area (Å²) in [6.07, 6.45) is 1.48. The maximum Gasteiger partial charge on any atom is 0.337 e. The number of nitrogens with one attached hydrogen (secondary N) is 1. The molecule has 35 heavy (non-hydrogen) atoms. The lowest BCUT2D eigenvalue weighted by Gasteiger charge is -2.15. The first kappa shape index (κ1) is 23.8. The summed E-state index contributed by atoms with van der Waals surface area (Å²) in [6, 6.07) is 12.8. The summed E-state index contributed by atoms with van der Waals surface area (Å²) in [4.78, 5) is 43.7. The zero-order valence-corrected chi connectivity index (χ0v) is 19.8. The Bertz CT molecular complexity index is 1530. The van der Waals surface area contributed by atoms with Gasteiger partial charge in [-0.3, -0.25) is 9.59 Å². The van der Waals surface area contributed by atoms with Crippen LogP contribution in [-0.2, 0) is 11.3 Å². The third kappa shape index (κ3) is 4.56. The lowest BCUT2D eigenvalue weighted by atomic mass is 10.2. The zero-order valence-electron chi connectivity index (χ0n) is 19.1. The monoisotopic (exact) mass is 496 g/mol. The lowest BCUT2D eigenvalue weighted by molar-refractivity contribution is -0.116. The number of methoxy groups -OCH3 is 3. The molecule has 4 rings (SSSR count). The Morgan fingerprint density at radius 1 is 1.00 bits per heavy atom. The summed E-state index contributed by atoms with van der Waals surface area (Å²) < 4.78 is 17.7. The van der Waals surface area contributed by atoms with Gasteiger partial charge in [-0.2, -0.15) is 0 Å². The topological polar surface area (TPSA) is 114 Å². The van der Waals surface area contributed by atoms with Crippen molar-refractivity contribution in [2.75, 3.05) is 26.6 Å². The van der Waals surface area contributed by atoms with Crippen LogP contribution in [0.1, 0.15) is 0 Å². The molecular formula is C24H21ClN4O6. The molecular weight excluding hydrogens is 476 g/mol. The van der Waals surface area contributed by atoms with Crippen molar-refractivity contribution in [3.05, 3.63) is 80.6 Å². The number of amides is 1. The minimum absolute atomic E-state index is 0.174. The molecule has 0 aliphatic rings. The molecule has 1 amide bonds. The highest BCUT2D eigenvalue weighted by atomic mass is 35.5. The first-order valence-corrected chi connectivity index (χ1v) is 10.7. The molecule has 0 fully saturated rings. The molecule has 11 heteroatoms. The highest BCUT2D eigenvalue weighted by Gasteiger charge is 2.19. The van der Waals surface area contributed by atoms with Gasteiger partial charge < -0.3 is 19.5 Å². The Morgan fingerprint density at radius 3 is 2.37 bits per heavy atom. The number of hydrogen-bond acceptors (Lipinski definition) is 7. The van der Waals surface area contributed by atoms with Crippen LogP contribution < -0.4 is 30.8 Å². The molecule has 0 atom stereocenters. The molecule has 2 aromatic heterocycles. The average Bonchev–Trinajstić information content (AvgIpc) is 2.87. The molecule has 180 valence electrons. The van der Waals surface area contributed by atoms with Crippen LogP contribution in [0.2, 0.25) is 5.02 Å². The van der Waals surface area contributed by atoms with E-state index in [1.54, 1.807) is 36.4 Å². The molecule has 0 saturated carbocycles. The molecule has 10 nitrogen and oxygen atoms in total. The van der Waals surface area contributed by atoms with Gasteiger partial charge in [0.1, 0.15) is 23.8 Å². The fraction of sp³-hybridized carbons (Fsp3) is 0.167. The van der Waals surface area contributed by atoms with E-state index >= 15 is 0 Å². The number of anilines is 1. The quantitative estimate of drug-likeness (QED) is 0.418. The summed E-state index contributed by atoms with van der Waals surface area (Å²) in [5.41, 5.74) is -0.474. The molecule has 1 N–H and O–H groups in total. The van der Waals surface area contributed by atoms with Gasteiger partial charge in [0.15, 0.2) is 5.65 Å². The standard InChI is InChI=1S/C24H21ClN4O6/c1-33-15-8-6-14(7-9-15)29-22-16(5-4-10-26-22)23(31)28(24(29)32)13-21(30)27-18-11-17(25)19(34-2)12-20(18)35-3/h4-12H,13H2,1-3H3,(H,27,30). The molecule has 2 aromatic carbocycles. The van der Waals surface area contributed by atoms with E-state index in [1.807, 2.05) is 0 Å². The maximum absolute atomic E-state index is 13.4. The smallest absolute Gasteiger partial charge is 0.337 e. The van der Waals surface area contributed by atoms with Crippen LogP contribution in [0.3, 0.4) is 0 Å². The van der Waals surface area contributed by atoms with Crippen molar-refractivity contribution >= 4 is 34.2 Å². The van der Waals surface area contributed by atoms with Crippen LogP contribution in [0.25, 0.3) is 16.7 Å². The predicted molar refractivity (Wildman–Crippen MR) is 131 cm³/mol.